The fourth-order valence-electron chi connectivity index (χ4n) is 9.05. The molecule has 0 amide bonds. The van der Waals surface area contributed by atoms with E-state index in [2.05, 4.69) is 216 Å². The van der Waals surface area contributed by atoms with Gasteiger partial charge in [0.05, 0.1) is 22.6 Å². The van der Waals surface area contributed by atoms with Gasteiger partial charge in [-0.25, -0.2) is 0 Å². The number of anilines is 3. The van der Waals surface area contributed by atoms with Crippen molar-refractivity contribution in [3.05, 3.63) is 211 Å². The summed E-state index contributed by atoms with van der Waals surface area (Å²) in [5.41, 5.74) is 18.1. The molecular weight excluding hydrogens is 667 g/mol. The molecule has 2 aliphatic rings. The second kappa shape index (κ2) is 12.5. The van der Waals surface area contributed by atoms with Crippen molar-refractivity contribution in [1.82, 2.24) is 9.47 Å². The van der Waals surface area contributed by atoms with E-state index < -0.39 is 0 Å². The van der Waals surface area contributed by atoms with Crippen LogP contribution in [0.4, 0.5) is 17.1 Å². The summed E-state index contributed by atoms with van der Waals surface area (Å²) in [5.74, 6) is 0. The zero-order valence-electron chi connectivity index (χ0n) is 30.5. The Hall–Kier alpha value is -7.10. The number of rotatable bonds is 4. The molecule has 8 aromatic carbocycles. The fourth-order valence-corrected chi connectivity index (χ4v) is 9.05. The fraction of sp³-hybridized carbons (Fsp3) is 0.0385. The van der Waals surface area contributed by atoms with Crippen LogP contribution in [0, 0.1) is 0 Å². The zero-order chi connectivity index (χ0) is 36.5. The highest BCUT2D eigenvalue weighted by Gasteiger charge is 2.31. The Balaban J connectivity index is 1.15. The van der Waals surface area contributed by atoms with E-state index in [4.69, 9.17) is 0 Å². The first kappa shape index (κ1) is 31.4. The Morgan fingerprint density at radius 3 is 1.93 bits per heavy atom. The van der Waals surface area contributed by atoms with Crippen LogP contribution in [0.2, 0.25) is 0 Å². The van der Waals surface area contributed by atoms with Crippen LogP contribution in [0.5, 0.6) is 0 Å². The Bertz CT molecular complexity index is 3000. The van der Waals surface area contributed by atoms with Gasteiger partial charge in [-0.1, -0.05) is 146 Å². The van der Waals surface area contributed by atoms with Gasteiger partial charge in [0.2, 0.25) is 0 Å². The summed E-state index contributed by atoms with van der Waals surface area (Å²) in [6, 6.07) is 69.0. The smallest absolute Gasteiger partial charge is 0.0641 e. The van der Waals surface area contributed by atoms with Crippen molar-refractivity contribution in [1.29, 1.82) is 0 Å². The predicted molar refractivity (Wildman–Crippen MR) is 230 cm³/mol. The number of aromatic nitrogens is 1. The van der Waals surface area contributed by atoms with Gasteiger partial charge in [0.1, 0.15) is 0 Å². The van der Waals surface area contributed by atoms with Gasteiger partial charge in [-0.2, -0.15) is 0 Å². The van der Waals surface area contributed by atoms with Crippen LogP contribution in [0.3, 0.4) is 0 Å². The van der Waals surface area contributed by atoms with Gasteiger partial charge in [0.15, 0.2) is 0 Å². The lowest BCUT2D eigenvalue weighted by Gasteiger charge is -2.29. The number of para-hydroxylation sites is 3. The number of fused-ring (bicyclic) bond motifs is 9. The molecule has 3 nitrogen and oxygen atoms in total. The van der Waals surface area contributed by atoms with E-state index in [1.54, 1.807) is 0 Å². The molecule has 3 heteroatoms. The minimum Gasteiger partial charge on any atom is -0.376 e. The third-order valence-corrected chi connectivity index (χ3v) is 11.4. The summed E-state index contributed by atoms with van der Waals surface area (Å²) in [6.45, 7) is 0.909. The molecule has 0 spiro atoms. The van der Waals surface area contributed by atoms with E-state index in [1.807, 2.05) is 0 Å². The monoisotopic (exact) mass is 703 g/mol. The molecule has 2 aliphatic heterocycles. The van der Waals surface area contributed by atoms with Crippen molar-refractivity contribution in [2.45, 2.75) is 6.54 Å². The van der Waals surface area contributed by atoms with Gasteiger partial charge < -0.3 is 14.4 Å². The first-order chi connectivity index (χ1) is 27.2. The molecule has 0 radical (unpaired) electrons. The molecule has 0 aliphatic carbocycles. The topological polar surface area (TPSA) is 11.4 Å². The van der Waals surface area contributed by atoms with Gasteiger partial charge in [-0.3, -0.25) is 0 Å². The summed E-state index contributed by atoms with van der Waals surface area (Å²) in [5, 5.41) is 3.74. The third kappa shape index (κ3) is 4.97. The minimum absolute atomic E-state index is 0.909. The third-order valence-electron chi connectivity index (χ3n) is 11.4. The number of hydrogen-bond donors (Lipinski definition) is 0. The van der Waals surface area contributed by atoms with E-state index in [1.165, 1.54) is 77.5 Å². The van der Waals surface area contributed by atoms with Crippen LogP contribution in [0.15, 0.2) is 194 Å². The lowest BCUT2D eigenvalue weighted by atomic mass is 9.91. The second-order valence-corrected chi connectivity index (χ2v) is 14.7. The number of benzene rings is 8. The highest BCUT2D eigenvalue weighted by molar-refractivity contribution is 6.13. The van der Waals surface area contributed by atoms with Gasteiger partial charge in [-0.05, 0) is 81.1 Å². The first-order valence-corrected chi connectivity index (χ1v) is 19.0. The van der Waals surface area contributed by atoms with Crippen molar-refractivity contribution in [3.63, 3.8) is 0 Å². The zero-order valence-corrected chi connectivity index (χ0v) is 30.5. The summed E-state index contributed by atoms with van der Waals surface area (Å²) in [4.78, 5) is 4.76. The van der Waals surface area contributed by atoms with Crippen molar-refractivity contribution >= 4 is 44.3 Å². The molecule has 0 fully saturated rings. The van der Waals surface area contributed by atoms with Gasteiger partial charge in [0, 0.05) is 58.8 Å². The average Bonchev–Trinajstić information content (AvgIpc) is 3.52. The molecule has 55 heavy (non-hydrogen) atoms. The molecular formula is C52H37N3. The molecule has 9 aromatic rings. The van der Waals surface area contributed by atoms with Crippen LogP contribution in [-0.2, 0) is 6.54 Å². The standard InChI is InChI=1S/C52H37N3/c1-53-33-38-16-3-5-23-43(38)47(34-53)37-19-13-20-39(32-37)54-48-28-9-6-24-44(48)51-45-25-7-10-29-49(45)55(52(51)46-26-8-11-30-50(46)54)40-21-12-18-36(31-40)42-27-14-17-35-15-2-4-22-41(35)42/h2-32,34H,33H2,1H3. The molecule has 0 N–H and O–H groups in total. The Morgan fingerprint density at radius 1 is 0.455 bits per heavy atom. The van der Waals surface area contributed by atoms with Gasteiger partial charge in [0.25, 0.3) is 0 Å². The lowest BCUT2D eigenvalue weighted by molar-refractivity contribution is 0.446. The highest BCUT2D eigenvalue weighted by Crippen LogP contribution is 2.54. The first-order valence-electron chi connectivity index (χ1n) is 19.0. The van der Waals surface area contributed by atoms with Crippen molar-refractivity contribution < 1.29 is 0 Å². The van der Waals surface area contributed by atoms with Crippen molar-refractivity contribution in [2.75, 3.05) is 11.9 Å². The summed E-state index contributed by atoms with van der Waals surface area (Å²) in [6.07, 6.45) is 2.29. The normalized spacial score (nSPS) is 13.1. The Kier molecular flexibility index (Phi) is 7.14. The van der Waals surface area contributed by atoms with Crippen LogP contribution in [0.1, 0.15) is 16.7 Å². The predicted octanol–water partition coefficient (Wildman–Crippen LogP) is 13.4. The molecule has 0 bridgehead atoms. The van der Waals surface area contributed by atoms with Crippen LogP contribution < -0.4 is 4.90 Å². The SMILES string of the molecule is CN1C=C(c2cccc(N3c4ccccc4-c4c(n(-c5cccc(-c6cccc7ccccc67)c5)c5ccccc45)-c4ccccc43)c2)c2ccccc2C1. The molecule has 0 saturated heterocycles. The quantitative estimate of drug-likeness (QED) is 0.181. The van der Waals surface area contributed by atoms with Crippen molar-refractivity contribution in [2.24, 2.45) is 0 Å². The summed E-state index contributed by atoms with van der Waals surface area (Å²) in [7, 11) is 2.16. The largest absolute Gasteiger partial charge is 0.376 e. The molecule has 0 unspecified atom stereocenters. The van der Waals surface area contributed by atoms with E-state index >= 15 is 0 Å². The van der Waals surface area contributed by atoms with E-state index in [-0.39, 0.29) is 0 Å². The second-order valence-electron chi connectivity index (χ2n) is 14.7. The lowest BCUT2D eigenvalue weighted by Crippen LogP contribution is -2.17. The van der Waals surface area contributed by atoms with Crippen LogP contribution in [0.25, 0.3) is 66.4 Å². The number of hydrogen-bond acceptors (Lipinski definition) is 2. The highest BCUT2D eigenvalue weighted by atomic mass is 15.2. The average molecular weight is 704 g/mol. The molecule has 11 rings (SSSR count). The molecule has 3 heterocycles. The maximum atomic E-state index is 2.49. The summed E-state index contributed by atoms with van der Waals surface area (Å²) >= 11 is 0. The van der Waals surface area contributed by atoms with Crippen LogP contribution in [-0.4, -0.2) is 16.5 Å². The maximum absolute atomic E-state index is 2.49. The Labute approximate surface area is 321 Å². The maximum Gasteiger partial charge on any atom is 0.0641 e. The molecule has 0 atom stereocenters. The van der Waals surface area contributed by atoms with E-state index in [9.17, 15) is 0 Å². The molecule has 0 saturated carbocycles. The number of nitrogens with zero attached hydrogens (tertiary/aromatic N) is 3. The van der Waals surface area contributed by atoms with Gasteiger partial charge >= 0.3 is 0 Å². The summed E-state index contributed by atoms with van der Waals surface area (Å²) < 4.78 is 2.49. The minimum atomic E-state index is 0.909. The molecule has 1 aromatic heterocycles. The van der Waals surface area contributed by atoms with E-state index in [0.717, 1.165) is 29.3 Å². The Morgan fingerprint density at radius 2 is 1.05 bits per heavy atom. The van der Waals surface area contributed by atoms with Crippen LogP contribution >= 0.6 is 0 Å². The van der Waals surface area contributed by atoms with E-state index in [0.29, 0.717) is 0 Å². The van der Waals surface area contributed by atoms with Crippen molar-refractivity contribution in [3.8, 4) is 39.2 Å². The van der Waals surface area contributed by atoms with Gasteiger partial charge in [-0.15, -0.1) is 0 Å². The molecule has 260 valence electrons.